The standard InChI is InChI=1S/C24H19BrN2O2/c1-2-29-23-12-11-18(25)14-21(23)24(28)27-26-15-22-19-9-5-3-7-16(19)13-17-8-4-6-10-20(17)22/h3-15H,2H2,1H3,(H,27,28)/b26-15-. The van der Waals surface area contributed by atoms with Crippen molar-refractivity contribution in [3.8, 4) is 5.75 Å². The SMILES string of the molecule is CCOc1ccc(Br)cc1C(=O)N/N=C\c1c2ccccc2cc2ccccc12. The summed E-state index contributed by atoms with van der Waals surface area (Å²) < 4.78 is 6.36. The molecular formula is C24H19BrN2O2. The Kier molecular flexibility index (Phi) is 5.58. The van der Waals surface area contributed by atoms with Gasteiger partial charge in [-0.1, -0.05) is 64.5 Å². The fourth-order valence-electron chi connectivity index (χ4n) is 3.36. The summed E-state index contributed by atoms with van der Waals surface area (Å²) in [6, 6.07) is 23.8. The molecule has 1 N–H and O–H groups in total. The molecule has 0 atom stereocenters. The van der Waals surface area contributed by atoms with Crippen molar-refractivity contribution < 1.29 is 9.53 Å². The van der Waals surface area contributed by atoms with Crippen LogP contribution in [0.1, 0.15) is 22.8 Å². The minimum absolute atomic E-state index is 0.324. The normalized spacial score (nSPS) is 11.2. The number of carbonyl (C=O) groups excluding carboxylic acids is 1. The highest BCUT2D eigenvalue weighted by atomic mass is 79.9. The summed E-state index contributed by atoms with van der Waals surface area (Å²) in [4.78, 5) is 12.7. The van der Waals surface area contributed by atoms with Gasteiger partial charge in [0.1, 0.15) is 5.75 Å². The van der Waals surface area contributed by atoms with E-state index in [0.717, 1.165) is 31.6 Å². The van der Waals surface area contributed by atoms with E-state index in [1.807, 2.05) is 37.3 Å². The van der Waals surface area contributed by atoms with Gasteiger partial charge >= 0.3 is 0 Å². The first-order valence-corrected chi connectivity index (χ1v) is 10.1. The molecule has 0 unspecified atom stereocenters. The van der Waals surface area contributed by atoms with Gasteiger partial charge in [-0.25, -0.2) is 5.43 Å². The first-order valence-electron chi connectivity index (χ1n) is 9.33. The molecule has 4 aromatic carbocycles. The third-order valence-electron chi connectivity index (χ3n) is 4.66. The summed E-state index contributed by atoms with van der Waals surface area (Å²) >= 11 is 3.40. The number of rotatable bonds is 5. The van der Waals surface area contributed by atoms with Crippen molar-refractivity contribution in [2.75, 3.05) is 6.61 Å². The lowest BCUT2D eigenvalue weighted by Gasteiger charge is -2.10. The molecule has 0 aliphatic carbocycles. The van der Waals surface area contributed by atoms with Crippen LogP contribution in [0.25, 0.3) is 21.5 Å². The van der Waals surface area contributed by atoms with E-state index in [0.29, 0.717) is 17.9 Å². The van der Waals surface area contributed by atoms with Crippen LogP contribution in [0.15, 0.2) is 82.4 Å². The van der Waals surface area contributed by atoms with Crippen LogP contribution in [0.3, 0.4) is 0 Å². The Morgan fingerprint density at radius 3 is 2.31 bits per heavy atom. The van der Waals surface area contributed by atoms with Crippen molar-refractivity contribution in [1.82, 2.24) is 5.43 Å². The third kappa shape index (κ3) is 4.00. The van der Waals surface area contributed by atoms with E-state index >= 15 is 0 Å². The van der Waals surface area contributed by atoms with Gasteiger partial charge in [-0.2, -0.15) is 5.10 Å². The van der Waals surface area contributed by atoms with Gasteiger partial charge in [-0.15, -0.1) is 0 Å². The van der Waals surface area contributed by atoms with Crippen molar-refractivity contribution in [2.24, 2.45) is 5.10 Å². The van der Waals surface area contributed by atoms with Gasteiger partial charge < -0.3 is 4.74 Å². The van der Waals surface area contributed by atoms with Crippen LogP contribution < -0.4 is 10.2 Å². The minimum Gasteiger partial charge on any atom is -0.493 e. The molecule has 144 valence electrons. The molecule has 0 bridgehead atoms. The molecule has 0 saturated heterocycles. The summed E-state index contributed by atoms with van der Waals surface area (Å²) in [7, 11) is 0. The van der Waals surface area contributed by atoms with Gasteiger partial charge in [0, 0.05) is 10.0 Å². The Balaban J connectivity index is 1.69. The van der Waals surface area contributed by atoms with Crippen molar-refractivity contribution in [2.45, 2.75) is 6.92 Å². The zero-order valence-corrected chi connectivity index (χ0v) is 17.4. The van der Waals surface area contributed by atoms with Gasteiger partial charge in [-0.3, -0.25) is 4.79 Å². The fraction of sp³-hybridized carbons (Fsp3) is 0.0833. The Bertz CT molecular complexity index is 1180. The van der Waals surface area contributed by atoms with Gasteiger partial charge in [0.2, 0.25) is 0 Å². The van der Waals surface area contributed by atoms with E-state index in [1.54, 1.807) is 18.3 Å². The predicted octanol–water partition coefficient (Wildman–Crippen LogP) is 5.92. The smallest absolute Gasteiger partial charge is 0.275 e. The number of benzene rings is 4. The van der Waals surface area contributed by atoms with Crippen molar-refractivity contribution in [1.29, 1.82) is 0 Å². The second-order valence-corrected chi connectivity index (χ2v) is 7.42. The number of halogens is 1. The quantitative estimate of drug-likeness (QED) is 0.235. The van der Waals surface area contributed by atoms with Gasteiger partial charge in [-0.05, 0) is 52.7 Å². The van der Waals surface area contributed by atoms with Gasteiger partial charge in [0.05, 0.1) is 18.4 Å². The van der Waals surface area contributed by atoms with Crippen LogP contribution in [-0.2, 0) is 0 Å². The van der Waals surface area contributed by atoms with Crippen LogP contribution in [0.2, 0.25) is 0 Å². The van der Waals surface area contributed by atoms with E-state index in [2.05, 4.69) is 56.8 Å². The number of amides is 1. The number of carbonyl (C=O) groups is 1. The van der Waals surface area contributed by atoms with Crippen molar-refractivity contribution in [3.05, 3.63) is 88.4 Å². The Morgan fingerprint density at radius 1 is 1.00 bits per heavy atom. The third-order valence-corrected chi connectivity index (χ3v) is 5.15. The maximum atomic E-state index is 12.7. The Hall–Kier alpha value is -3.18. The molecule has 0 saturated carbocycles. The molecule has 0 aliphatic heterocycles. The van der Waals surface area contributed by atoms with Crippen LogP contribution in [0.5, 0.6) is 5.75 Å². The molecule has 5 heteroatoms. The molecular weight excluding hydrogens is 428 g/mol. The van der Waals surface area contributed by atoms with Crippen molar-refractivity contribution >= 4 is 49.6 Å². The predicted molar refractivity (Wildman–Crippen MR) is 122 cm³/mol. The lowest BCUT2D eigenvalue weighted by atomic mass is 9.97. The second-order valence-electron chi connectivity index (χ2n) is 6.51. The highest BCUT2D eigenvalue weighted by Crippen LogP contribution is 2.27. The zero-order chi connectivity index (χ0) is 20.2. The summed E-state index contributed by atoms with van der Waals surface area (Å²) in [6.07, 6.45) is 1.71. The molecule has 0 spiro atoms. The molecule has 0 aliphatic rings. The van der Waals surface area contributed by atoms with Crippen molar-refractivity contribution in [3.63, 3.8) is 0 Å². The molecule has 29 heavy (non-hydrogen) atoms. The maximum absolute atomic E-state index is 12.7. The Labute approximate surface area is 177 Å². The topological polar surface area (TPSA) is 50.7 Å². The second kappa shape index (κ2) is 8.45. The van der Waals surface area contributed by atoms with E-state index in [4.69, 9.17) is 4.74 Å². The number of hydrazone groups is 1. The maximum Gasteiger partial charge on any atom is 0.275 e. The molecule has 4 nitrogen and oxygen atoms in total. The summed E-state index contributed by atoms with van der Waals surface area (Å²) in [5, 5.41) is 8.68. The van der Waals surface area contributed by atoms with Gasteiger partial charge in [0.25, 0.3) is 5.91 Å². The molecule has 4 aromatic rings. The number of hydrogen-bond acceptors (Lipinski definition) is 3. The first kappa shape index (κ1) is 19.2. The zero-order valence-electron chi connectivity index (χ0n) is 15.9. The van der Waals surface area contributed by atoms with E-state index in [-0.39, 0.29) is 5.91 Å². The van der Waals surface area contributed by atoms with E-state index < -0.39 is 0 Å². The average Bonchev–Trinajstić information content (AvgIpc) is 2.74. The van der Waals surface area contributed by atoms with E-state index in [1.165, 1.54) is 0 Å². The number of hydrogen-bond donors (Lipinski definition) is 1. The number of nitrogens with one attached hydrogen (secondary N) is 1. The van der Waals surface area contributed by atoms with E-state index in [9.17, 15) is 4.79 Å². The van der Waals surface area contributed by atoms with Crippen LogP contribution in [0.4, 0.5) is 0 Å². The van der Waals surface area contributed by atoms with Crippen LogP contribution in [-0.4, -0.2) is 18.7 Å². The molecule has 0 fully saturated rings. The lowest BCUT2D eigenvalue weighted by Crippen LogP contribution is -2.19. The van der Waals surface area contributed by atoms with Crippen LogP contribution in [0, 0.1) is 0 Å². The van der Waals surface area contributed by atoms with Gasteiger partial charge in [0.15, 0.2) is 0 Å². The largest absolute Gasteiger partial charge is 0.493 e. The summed E-state index contributed by atoms with van der Waals surface area (Å²) in [5.41, 5.74) is 4.03. The average molecular weight is 447 g/mol. The fourth-order valence-corrected chi connectivity index (χ4v) is 3.73. The van der Waals surface area contributed by atoms with Crippen LogP contribution >= 0.6 is 15.9 Å². The number of fused-ring (bicyclic) bond motifs is 2. The molecule has 0 radical (unpaired) electrons. The minimum atomic E-state index is -0.324. The number of nitrogens with zero attached hydrogens (tertiary/aromatic N) is 1. The monoisotopic (exact) mass is 446 g/mol. The summed E-state index contributed by atoms with van der Waals surface area (Å²) in [6.45, 7) is 2.36. The lowest BCUT2D eigenvalue weighted by molar-refractivity contribution is 0.0951. The highest BCUT2D eigenvalue weighted by molar-refractivity contribution is 9.10. The molecule has 1 amide bonds. The summed E-state index contributed by atoms with van der Waals surface area (Å²) in [5.74, 6) is 0.203. The first-order chi connectivity index (χ1) is 14.2. The highest BCUT2D eigenvalue weighted by Gasteiger charge is 2.13. The molecule has 4 rings (SSSR count). The molecule has 0 heterocycles. The Morgan fingerprint density at radius 2 is 1.66 bits per heavy atom. The number of ether oxygens (including phenoxy) is 1. The molecule has 0 aromatic heterocycles.